The van der Waals surface area contributed by atoms with Crippen LogP contribution < -0.4 is 4.74 Å². The molecule has 1 aromatic carbocycles. The fraction of sp³-hybridized carbons (Fsp3) is 0.455. The van der Waals surface area contributed by atoms with Crippen molar-refractivity contribution in [2.75, 3.05) is 19.8 Å². The van der Waals surface area contributed by atoms with Gasteiger partial charge in [0.25, 0.3) is 0 Å². The molecular formula is C22H27NO4. The lowest BCUT2D eigenvalue weighted by Gasteiger charge is -2.14. The Labute approximate surface area is 160 Å². The van der Waals surface area contributed by atoms with Crippen LogP contribution in [0.25, 0.3) is 0 Å². The maximum atomic E-state index is 11.2. The Morgan fingerprint density at radius 2 is 1.93 bits per heavy atom. The van der Waals surface area contributed by atoms with Gasteiger partial charge < -0.3 is 13.9 Å². The zero-order valence-electron chi connectivity index (χ0n) is 16.3. The summed E-state index contributed by atoms with van der Waals surface area (Å²) in [6.45, 7) is 7.73. The van der Waals surface area contributed by atoms with Crippen LogP contribution in [0.5, 0.6) is 5.75 Å². The highest BCUT2D eigenvalue weighted by molar-refractivity contribution is 5.95. The number of hydrogen-bond acceptors (Lipinski definition) is 5. The lowest BCUT2D eigenvalue weighted by molar-refractivity contribution is 0.0985. The minimum absolute atomic E-state index is 0.0297. The van der Waals surface area contributed by atoms with Crippen LogP contribution in [0.2, 0.25) is 0 Å². The van der Waals surface area contributed by atoms with Gasteiger partial charge in [-0.3, -0.25) is 4.79 Å². The van der Waals surface area contributed by atoms with Crippen LogP contribution in [0.4, 0.5) is 0 Å². The molecule has 0 fully saturated rings. The van der Waals surface area contributed by atoms with Gasteiger partial charge in [-0.15, -0.1) is 0 Å². The van der Waals surface area contributed by atoms with Gasteiger partial charge in [0, 0.05) is 18.9 Å². The molecule has 2 aromatic rings. The lowest BCUT2D eigenvalue weighted by atomic mass is 10.1. The van der Waals surface area contributed by atoms with E-state index < -0.39 is 0 Å². The van der Waals surface area contributed by atoms with E-state index in [0.29, 0.717) is 19.0 Å². The van der Waals surface area contributed by atoms with Gasteiger partial charge in [-0.2, -0.15) is 0 Å². The summed E-state index contributed by atoms with van der Waals surface area (Å²) in [5, 5.41) is 0. The number of aliphatic imine (C=N–C) groups is 1. The summed E-state index contributed by atoms with van der Waals surface area (Å²) in [5.74, 6) is 2.98. The number of ketones is 1. The van der Waals surface area contributed by atoms with Crippen LogP contribution in [0.1, 0.15) is 59.2 Å². The van der Waals surface area contributed by atoms with E-state index in [1.165, 1.54) is 6.92 Å². The Morgan fingerprint density at radius 3 is 2.56 bits per heavy atom. The Morgan fingerprint density at radius 1 is 1.15 bits per heavy atom. The second-order valence-electron chi connectivity index (χ2n) is 6.96. The second-order valence-corrected chi connectivity index (χ2v) is 6.96. The molecule has 144 valence electrons. The Balaban J connectivity index is 1.43. The number of ether oxygens (including phenoxy) is 2. The van der Waals surface area contributed by atoms with Crippen molar-refractivity contribution in [3.05, 3.63) is 52.5 Å². The molecule has 0 saturated heterocycles. The van der Waals surface area contributed by atoms with Crippen molar-refractivity contribution in [3.63, 3.8) is 0 Å². The third kappa shape index (κ3) is 5.00. The van der Waals surface area contributed by atoms with E-state index in [4.69, 9.17) is 13.9 Å². The SMILES string of the molecule is CC(=O)c1ccc(CCCCCOc2c(C)cc(C3=NCCO3)cc2C)o1. The number of carbonyl (C=O) groups is 1. The number of benzene rings is 1. The number of nitrogens with zero attached hydrogens (tertiary/aromatic N) is 1. The lowest BCUT2D eigenvalue weighted by Crippen LogP contribution is -2.05. The molecule has 0 aliphatic carbocycles. The maximum Gasteiger partial charge on any atom is 0.216 e. The summed E-state index contributed by atoms with van der Waals surface area (Å²) in [6.07, 6.45) is 3.90. The van der Waals surface area contributed by atoms with Gasteiger partial charge in [-0.25, -0.2) is 4.99 Å². The summed E-state index contributed by atoms with van der Waals surface area (Å²) in [6, 6.07) is 7.80. The van der Waals surface area contributed by atoms with Gasteiger partial charge in [0.05, 0.1) is 13.2 Å². The van der Waals surface area contributed by atoms with Gasteiger partial charge >= 0.3 is 0 Å². The minimum Gasteiger partial charge on any atom is -0.493 e. The molecule has 5 nitrogen and oxygen atoms in total. The van der Waals surface area contributed by atoms with E-state index in [-0.39, 0.29) is 5.78 Å². The van der Waals surface area contributed by atoms with E-state index in [1.807, 2.05) is 6.07 Å². The van der Waals surface area contributed by atoms with Gasteiger partial charge in [0.2, 0.25) is 5.90 Å². The normalized spacial score (nSPS) is 13.4. The molecule has 5 heteroatoms. The molecule has 0 spiro atoms. The zero-order valence-corrected chi connectivity index (χ0v) is 16.3. The highest BCUT2D eigenvalue weighted by atomic mass is 16.5. The molecule has 2 heterocycles. The topological polar surface area (TPSA) is 61.0 Å². The molecule has 3 rings (SSSR count). The Kier molecular flexibility index (Phi) is 6.32. The van der Waals surface area contributed by atoms with Crippen LogP contribution in [0.15, 0.2) is 33.7 Å². The fourth-order valence-corrected chi connectivity index (χ4v) is 3.26. The van der Waals surface area contributed by atoms with Crippen molar-refractivity contribution in [1.29, 1.82) is 0 Å². The first-order valence-electron chi connectivity index (χ1n) is 9.56. The molecule has 27 heavy (non-hydrogen) atoms. The molecular weight excluding hydrogens is 342 g/mol. The molecule has 1 aliphatic heterocycles. The fourth-order valence-electron chi connectivity index (χ4n) is 3.26. The van der Waals surface area contributed by atoms with E-state index in [0.717, 1.165) is 66.3 Å². The molecule has 1 aliphatic rings. The van der Waals surface area contributed by atoms with Crippen molar-refractivity contribution in [2.24, 2.45) is 4.99 Å². The number of hydrogen-bond donors (Lipinski definition) is 0. The molecule has 0 unspecified atom stereocenters. The van der Waals surface area contributed by atoms with Crippen LogP contribution in [0.3, 0.4) is 0 Å². The summed E-state index contributed by atoms with van der Waals surface area (Å²) in [7, 11) is 0. The van der Waals surface area contributed by atoms with Crippen LogP contribution in [-0.2, 0) is 11.2 Å². The zero-order chi connectivity index (χ0) is 19.2. The minimum atomic E-state index is -0.0297. The summed E-state index contributed by atoms with van der Waals surface area (Å²) in [4.78, 5) is 15.6. The van der Waals surface area contributed by atoms with E-state index in [2.05, 4.69) is 31.0 Å². The van der Waals surface area contributed by atoms with Crippen LogP contribution in [-0.4, -0.2) is 31.4 Å². The van der Waals surface area contributed by atoms with Gasteiger partial charge in [0.15, 0.2) is 11.5 Å². The molecule has 0 atom stereocenters. The van der Waals surface area contributed by atoms with Crippen LogP contribution >= 0.6 is 0 Å². The third-order valence-corrected chi connectivity index (χ3v) is 4.62. The number of rotatable bonds is 9. The van der Waals surface area contributed by atoms with E-state index in [1.54, 1.807) is 6.07 Å². The molecule has 0 radical (unpaired) electrons. The average Bonchev–Trinajstić information content (AvgIpc) is 3.31. The average molecular weight is 369 g/mol. The van der Waals surface area contributed by atoms with Crippen molar-refractivity contribution in [1.82, 2.24) is 0 Å². The Hall–Kier alpha value is -2.56. The Bertz CT molecular complexity index is 812. The van der Waals surface area contributed by atoms with Gasteiger partial charge in [-0.05, 0) is 68.5 Å². The van der Waals surface area contributed by atoms with Crippen LogP contribution in [0, 0.1) is 13.8 Å². The highest BCUT2D eigenvalue weighted by Gasteiger charge is 2.14. The monoisotopic (exact) mass is 369 g/mol. The van der Waals surface area contributed by atoms with E-state index in [9.17, 15) is 4.79 Å². The molecule has 0 bridgehead atoms. The maximum absolute atomic E-state index is 11.2. The summed E-state index contributed by atoms with van der Waals surface area (Å²) >= 11 is 0. The largest absolute Gasteiger partial charge is 0.493 e. The number of Topliss-reactive ketones (excluding diaryl/α,β-unsaturated/α-hetero) is 1. The molecule has 0 saturated carbocycles. The third-order valence-electron chi connectivity index (χ3n) is 4.62. The first-order chi connectivity index (χ1) is 13.0. The van der Waals surface area contributed by atoms with Crippen molar-refractivity contribution in [3.8, 4) is 5.75 Å². The smallest absolute Gasteiger partial charge is 0.216 e. The number of aryl methyl sites for hydroxylation is 3. The first-order valence-corrected chi connectivity index (χ1v) is 9.56. The summed E-state index contributed by atoms with van der Waals surface area (Å²) in [5.41, 5.74) is 3.24. The van der Waals surface area contributed by atoms with Crippen molar-refractivity contribution < 1.29 is 18.7 Å². The quantitative estimate of drug-likeness (QED) is 0.476. The summed E-state index contributed by atoms with van der Waals surface area (Å²) < 4.78 is 17.1. The molecule has 0 N–H and O–H groups in total. The van der Waals surface area contributed by atoms with Gasteiger partial charge in [0.1, 0.15) is 18.1 Å². The number of unbranched alkanes of at least 4 members (excludes halogenated alkanes) is 2. The number of carbonyl (C=O) groups excluding carboxylic acids is 1. The highest BCUT2D eigenvalue weighted by Crippen LogP contribution is 2.26. The second kappa shape index (κ2) is 8.89. The molecule has 0 amide bonds. The van der Waals surface area contributed by atoms with Crippen molar-refractivity contribution >= 4 is 11.7 Å². The van der Waals surface area contributed by atoms with E-state index >= 15 is 0 Å². The standard InChI is InChI=1S/C22H27NO4/c1-15-13-18(22-23-10-12-26-22)14-16(2)21(15)25-11-6-4-5-7-19-8-9-20(27-19)17(3)24/h8-9,13-14H,4-7,10-12H2,1-3H3. The predicted molar refractivity (Wildman–Crippen MR) is 105 cm³/mol. The van der Waals surface area contributed by atoms with Crippen molar-refractivity contribution in [2.45, 2.75) is 46.5 Å². The van der Waals surface area contributed by atoms with Gasteiger partial charge in [-0.1, -0.05) is 0 Å². The first kappa shape index (κ1) is 19.2. The predicted octanol–water partition coefficient (Wildman–Crippen LogP) is 4.67. The molecule has 1 aromatic heterocycles. The number of furan rings is 1.